The normalized spacial score (nSPS) is 43.4. The second-order valence-corrected chi connectivity index (χ2v) is 6.59. The zero-order valence-electron chi connectivity index (χ0n) is 11.0. The molecule has 2 N–H and O–H groups in total. The molecule has 3 unspecified atom stereocenters. The fourth-order valence-electron chi connectivity index (χ4n) is 3.58. The average molecular weight is 238 g/mol. The van der Waals surface area contributed by atoms with Gasteiger partial charge in [-0.2, -0.15) is 0 Å². The molecule has 0 bridgehead atoms. The van der Waals surface area contributed by atoms with E-state index in [0.717, 1.165) is 31.3 Å². The van der Waals surface area contributed by atoms with Gasteiger partial charge in [-0.25, -0.2) is 0 Å². The maximum Gasteiger partial charge on any atom is 0.0772 e. The van der Waals surface area contributed by atoms with Crippen molar-refractivity contribution in [2.75, 3.05) is 19.6 Å². The molecule has 1 aliphatic heterocycles. The maximum atomic E-state index is 10.2. The Labute approximate surface area is 105 Å². The summed E-state index contributed by atoms with van der Waals surface area (Å²) in [6.45, 7) is 5.68. The second-order valence-electron chi connectivity index (χ2n) is 6.59. The highest BCUT2D eigenvalue weighted by Crippen LogP contribution is 2.32. The summed E-state index contributed by atoms with van der Waals surface area (Å²) in [7, 11) is 0. The number of hydrogen-bond donors (Lipinski definition) is 2. The monoisotopic (exact) mass is 238 g/mol. The number of rotatable bonds is 4. The lowest BCUT2D eigenvalue weighted by atomic mass is 9.99. The minimum atomic E-state index is -0.464. The Hall–Kier alpha value is -0.120. The van der Waals surface area contributed by atoms with Crippen LogP contribution in [0.1, 0.15) is 45.4 Å². The van der Waals surface area contributed by atoms with Crippen molar-refractivity contribution in [1.82, 2.24) is 10.2 Å². The van der Waals surface area contributed by atoms with Crippen LogP contribution in [0, 0.1) is 5.92 Å². The Bertz CT molecular complexity index is 275. The van der Waals surface area contributed by atoms with Crippen LogP contribution in [0.15, 0.2) is 0 Å². The van der Waals surface area contributed by atoms with E-state index in [1.54, 1.807) is 0 Å². The highest BCUT2D eigenvalue weighted by atomic mass is 16.3. The molecule has 0 aromatic rings. The van der Waals surface area contributed by atoms with Crippen LogP contribution >= 0.6 is 0 Å². The molecular formula is C14H26N2O. The van der Waals surface area contributed by atoms with Crippen molar-refractivity contribution in [3.8, 4) is 0 Å². The summed E-state index contributed by atoms with van der Waals surface area (Å²) >= 11 is 0. The summed E-state index contributed by atoms with van der Waals surface area (Å²) in [4.78, 5) is 2.67. The summed E-state index contributed by atoms with van der Waals surface area (Å²) < 4.78 is 0. The minimum absolute atomic E-state index is 0.331. The van der Waals surface area contributed by atoms with Crippen molar-refractivity contribution in [1.29, 1.82) is 0 Å². The first-order valence-corrected chi connectivity index (χ1v) is 7.35. The summed E-state index contributed by atoms with van der Waals surface area (Å²) in [6.07, 6.45) is 7.48. The topological polar surface area (TPSA) is 35.5 Å². The lowest BCUT2D eigenvalue weighted by Gasteiger charge is -2.27. The van der Waals surface area contributed by atoms with Gasteiger partial charge in [0.05, 0.1) is 5.60 Å². The van der Waals surface area contributed by atoms with Crippen LogP contribution in [0.5, 0.6) is 0 Å². The van der Waals surface area contributed by atoms with Crippen molar-refractivity contribution in [2.24, 2.45) is 5.92 Å². The smallest absolute Gasteiger partial charge is 0.0772 e. The third kappa shape index (κ3) is 2.67. The zero-order valence-corrected chi connectivity index (χ0v) is 11.0. The molecule has 0 amide bonds. The van der Waals surface area contributed by atoms with Gasteiger partial charge in [-0.05, 0) is 64.5 Å². The molecule has 3 atom stereocenters. The largest absolute Gasteiger partial charge is 0.389 e. The van der Waals surface area contributed by atoms with Gasteiger partial charge < -0.3 is 15.3 Å². The summed E-state index contributed by atoms with van der Waals surface area (Å²) in [6, 6.07) is 1.26. The van der Waals surface area contributed by atoms with Crippen molar-refractivity contribution in [3.05, 3.63) is 0 Å². The van der Waals surface area contributed by atoms with E-state index in [4.69, 9.17) is 0 Å². The summed E-state index contributed by atoms with van der Waals surface area (Å²) in [5.74, 6) is 0.812. The Kier molecular flexibility index (Phi) is 3.18. The summed E-state index contributed by atoms with van der Waals surface area (Å²) in [5.41, 5.74) is -0.464. The van der Waals surface area contributed by atoms with Crippen LogP contribution in [0.2, 0.25) is 0 Å². The van der Waals surface area contributed by atoms with Gasteiger partial charge in [-0.15, -0.1) is 0 Å². The van der Waals surface area contributed by atoms with Crippen molar-refractivity contribution >= 4 is 0 Å². The van der Waals surface area contributed by atoms with Gasteiger partial charge in [0.1, 0.15) is 0 Å². The van der Waals surface area contributed by atoms with E-state index >= 15 is 0 Å². The van der Waals surface area contributed by atoms with Gasteiger partial charge in [-0.1, -0.05) is 0 Å². The van der Waals surface area contributed by atoms with E-state index < -0.39 is 5.60 Å². The van der Waals surface area contributed by atoms with Gasteiger partial charge >= 0.3 is 0 Å². The quantitative estimate of drug-likeness (QED) is 0.776. The number of nitrogens with one attached hydrogen (secondary N) is 1. The number of hydrogen-bond acceptors (Lipinski definition) is 3. The van der Waals surface area contributed by atoms with Crippen molar-refractivity contribution < 1.29 is 5.11 Å². The van der Waals surface area contributed by atoms with Crippen LogP contribution in [0.4, 0.5) is 0 Å². The molecule has 0 spiro atoms. The Morgan fingerprint density at radius 2 is 2.12 bits per heavy atom. The van der Waals surface area contributed by atoms with Gasteiger partial charge in [0.2, 0.25) is 0 Å². The summed E-state index contributed by atoms with van der Waals surface area (Å²) in [5, 5.41) is 13.8. The van der Waals surface area contributed by atoms with Crippen LogP contribution in [0.3, 0.4) is 0 Å². The number of likely N-dealkylation sites (tertiary alicyclic amines) is 1. The van der Waals surface area contributed by atoms with Crippen LogP contribution in [-0.2, 0) is 0 Å². The highest BCUT2D eigenvalue weighted by Gasteiger charge is 2.38. The van der Waals surface area contributed by atoms with Crippen LogP contribution in [-0.4, -0.2) is 47.3 Å². The Morgan fingerprint density at radius 1 is 1.29 bits per heavy atom. The van der Waals surface area contributed by atoms with Crippen molar-refractivity contribution in [2.45, 2.75) is 63.1 Å². The van der Waals surface area contributed by atoms with Gasteiger partial charge in [0, 0.05) is 18.6 Å². The molecule has 2 aliphatic carbocycles. The SMILES string of the molecule is CC1(O)CCCC1NCC1CCN(C2CC2)C1. The molecule has 0 aromatic carbocycles. The molecule has 3 rings (SSSR count). The van der Waals surface area contributed by atoms with E-state index in [0.29, 0.717) is 6.04 Å². The molecule has 3 fully saturated rings. The molecule has 3 aliphatic rings. The standard InChI is InChI=1S/C14H26N2O/c1-14(17)7-2-3-13(14)15-9-11-6-8-16(10-11)12-4-5-12/h11-13,15,17H,2-10H2,1H3. The molecule has 3 heteroatoms. The number of aliphatic hydroxyl groups is 1. The first-order chi connectivity index (χ1) is 8.15. The average Bonchev–Trinajstić information content (AvgIpc) is 2.93. The highest BCUT2D eigenvalue weighted by molar-refractivity contribution is 4.95. The third-order valence-corrected chi connectivity index (χ3v) is 4.96. The molecule has 98 valence electrons. The molecule has 17 heavy (non-hydrogen) atoms. The first kappa shape index (κ1) is 11.9. The van der Waals surface area contributed by atoms with Gasteiger partial charge in [0.15, 0.2) is 0 Å². The molecule has 3 nitrogen and oxygen atoms in total. The fourth-order valence-corrected chi connectivity index (χ4v) is 3.58. The fraction of sp³-hybridized carbons (Fsp3) is 1.00. The lowest BCUT2D eigenvalue weighted by Crippen LogP contribution is -2.46. The molecule has 2 saturated carbocycles. The van der Waals surface area contributed by atoms with Gasteiger partial charge in [-0.3, -0.25) is 0 Å². The third-order valence-electron chi connectivity index (χ3n) is 4.96. The second kappa shape index (κ2) is 4.52. The van der Waals surface area contributed by atoms with Crippen molar-refractivity contribution in [3.63, 3.8) is 0 Å². The maximum absolute atomic E-state index is 10.2. The Balaban J connectivity index is 1.42. The molecule has 1 saturated heterocycles. The zero-order chi connectivity index (χ0) is 11.9. The van der Waals surface area contributed by atoms with E-state index in [1.807, 2.05) is 6.92 Å². The first-order valence-electron chi connectivity index (χ1n) is 7.35. The van der Waals surface area contributed by atoms with Crippen LogP contribution in [0.25, 0.3) is 0 Å². The van der Waals surface area contributed by atoms with E-state index in [1.165, 1.54) is 38.8 Å². The number of nitrogens with zero attached hydrogens (tertiary/aromatic N) is 1. The van der Waals surface area contributed by atoms with E-state index in [9.17, 15) is 5.11 Å². The minimum Gasteiger partial charge on any atom is -0.389 e. The van der Waals surface area contributed by atoms with Gasteiger partial charge in [0.25, 0.3) is 0 Å². The predicted octanol–water partition coefficient (Wildman–Crippen LogP) is 1.36. The Morgan fingerprint density at radius 3 is 2.76 bits per heavy atom. The molecule has 1 heterocycles. The van der Waals surface area contributed by atoms with E-state index in [-0.39, 0.29) is 0 Å². The molecule has 0 radical (unpaired) electrons. The van der Waals surface area contributed by atoms with Crippen LogP contribution < -0.4 is 5.32 Å². The molecule has 0 aromatic heterocycles. The lowest BCUT2D eigenvalue weighted by molar-refractivity contribution is 0.0381. The predicted molar refractivity (Wildman–Crippen MR) is 69.0 cm³/mol. The molecular weight excluding hydrogens is 212 g/mol. The van der Waals surface area contributed by atoms with E-state index in [2.05, 4.69) is 10.2 Å².